The smallest absolute Gasteiger partial charge is 0.326 e. The summed E-state index contributed by atoms with van der Waals surface area (Å²) in [5.41, 5.74) is 17.9. The van der Waals surface area contributed by atoms with E-state index in [2.05, 4.69) is 20.9 Å². The Morgan fingerprint density at radius 3 is 2.15 bits per heavy atom. The second kappa shape index (κ2) is 13.9. The Morgan fingerprint density at radius 2 is 1.56 bits per heavy atom. The SMILES string of the molecule is CC(O)C(NC(=O)C(CC(N)=O)NC(=O)C(N)Cc1c[nH]c2ccccc12)C(=O)NC(CCC(N)=O)C(=O)O. The molecule has 5 amide bonds. The highest BCUT2D eigenvalue weighted by Gasteiger charge is 2.33. The number of nitrogens with one attached hydrogen (secondary N) is 4. The number of amides is 5. The van der Waals surface area contributed by atoms with Crippen molar-refractivity contribution in [3.63, 3.8) is 0 Å². The van der Waals surface area contributed by atoms with Gasteiger partial charge in [-0.25, -0.2) is 4.79 Å². The molecule has 15 heteroatoms. The third kappa shape index (κ3) is 9.08. The van der Waals surface area contributed by atoms with Crippen LogP contribution in [0.4, 0.5) is 0 Å². The lowest BCUT2D eigenvalue weighted by Gasteiger charge is -2.26. The molecule has 0 bridgehead atoms. The Bertz CT molecular complexity index is 1230. The second-order valence-electron chi connectivity index (χ2n) is 9.03. The minimum Gasteiger partial charge on any atom is -0.480 e. The number of benzene rings is 1. The van der Waals surface area contributed by atoms with Crippen LogP contribution < -0.4 is 33.2 Å². The fraction of sp³-hybridized carbons (Fsp3) is 0.417. The van der Waals surface area contributed by atoms with Crippen molar-refractivity contribution >= 4 is 46.4 Å². The highest BCUT2D eigenvalue weighted by Crippen LogP contribution is 2.18. The molecule has 5 unspecified atom stereocenters. The average molecular weight is 548 g/mol. The van der Waals surface area contributed by atoms with E-state index in [1.165, 1.54) is 0 Å². The summed E-state index contributed by atoms with van der Waals surface area (Å²) >= 11 is 0. The zero-order valence-corrected chi connectivity index (χ0v) is 21.2. The summed E-state index contributed by atoms with van der Waals surface area (Å²) in [5, 5.41) is 26.9. The number of carbonyl (C=O) groups excluding carboxylic acids is 5. The van der Waals surface area contributed by atoms with Gasteiger partial charge in [0, 0.05) is 23.5 Å². The molecule has 2 rings (SSSR count). The molecule has 0 saturated carbocycles. The van der Waals surface area contributed by atoms with Gasteiger partial charge < -0.3 is 48.3 Å². The van der Waals surface area contributed by atoms with Crippen LogP contribution in [0.15, 0.2) is 30.5 Å². The topological polar surface area (TPSA) is 273 Å². The molecule has 1 heterocycles. The minimum absolute atomic E-state index is 0.0986. The number of rotatable bonds is 15. The minimum atomic E-state index is -1.68. The van der Waals surface area contributed by atoms with Gasteiger partial charge in [0.1, 0.15) is 18.1 Å². The Hall–Kier alpha value is -4.50. The van der Waals surface area contributed by atoms with Crippen LogP contribution in [0.5, 0.6) is 0 Å². The Labute approximate surface area is 222 Å². The van der Waals surface area contributed by atoms with Crippen molar-refractivity contribution in [2.75, 3.05) is 0 Å². The molecular formula is C24H33N7O8. The molecule has 12 N–H and O–H groups in total. The van der Waals surface area contributed by atoms with Crippen LogP contribution in [0.1, 0.15) is 31.7 Å². The number of carbonyl (C=O) groups is 6. The third-order valence-corrected chi connectivity index (χ3v) is 5.85. The molecule has 0 saturated heterocycles. The van der Waals surface area contributed by atoms with E-state index in [9.17, 15) is 39.0 Å². The first kappa shape index (κ1) is 30.7. The number of fused-ring (bicyclic) bond motifs is 1. The normalized spacial score (nSPS) is 14.8. The summed E-state index contributed by atoms with van der Waals surface area (Å²) in [7, 11) is 0. The number of nitrogens with two attached hydrogens (primary N) is 3. The number of aromatic nitrogens is 1. The van der Waals surface area contributed by atoms with Gasteiger partial charge in [0.05, 0.1) is 18.6 Å². The molecule has 212 valence electrons. The standard InChI is InChI=1S/C24H33N7O8/c1-11(32)20(23(37)29-16(24(38)39)6-7-18(26)33)31-22(36)17(9-19(27)34)30-21(35)14(25)8-12-10-28-15-5-3-2-4-13(12)15/h2-5,10-11,14,16-17,20,28,32H,6-9,25H2,1H3,(H2,26,33)(H2,27,34)(H,29,37)(H,30,35)(H,31,36)(H,38,39). The van der Waals surface area contributed by atoms with Gasteiger partial charge in [-0.05, 0) is 31.4 Å². The number of hydrogen-bond acceptors (Lipinski definition) is 8. The number of carboxylic acids is 1. The molecule has 0 fully saturated rings. The molecule has 5 atom stereocenters. The van der Waals surface area contributed by atoms with E-state index < -0.39 is 72.2 Å². The van der Waals surface area contributed by atoms with Crippen molar-refractivity contribution in [1.82, 2.24) is 20.9 Å². The molecular weight excluding hydrogens is 514 g/mol. The summed E-state index contributed by atoms with van der Waals surface area (Å²) in [6.45, 7) is 1.16. The first-order valence-electron chi connectivity index (χ1n) is 12.0. The Morgan fingerprint density at radius 1 is 0.923 bits per heavy atom. The van der Waals surface area contributed by atoms with E-state index in [0.29, 0.717) is 0 Å². The molecule has 1 aromatic heterocycles. The largest absolute Gasteiger partial charge is 0.480 e. The zero-order valence-electron chi connectivity index (χ0n) is 21.2. The van der Waals surface area contributed by atoms with Gasteiger partial charge in [0.25, 0.3) is 0 Å². The van der Waals surface area contributed by atoms with Crippen LogP contribution in [0.2, 0.25) is 0 Å². The maximum absolute atomic E-state index is 12.9. The molecule has 0 aliphatic heterocycles. The van der Waals surface area contributed by atoms with E-state index in [4.69, 9.17) is 17.2 Å². The third-order valence-electron chi connectivity index (χ3n) is 5.85. The summed E-state index contributed by atoms with van der Waals surface area (Å²) in [6, 6.07) is 1.47. The number of carboxylic acid groups (broad SMARTS) is 1. The molecule has 15 nitrogen and oxygen atoms in total. The van der Waals surface area contributed by atoms with Crippen molar-refractivity contribution in [2.45, 2.75) is 62.9 Å². The number of aliphatic hydroxyl groups excluding tert-OH is 1. The molecule has 39 heavy (non-hydrogen) atoms. The predicted octanol–water partition coefficient (Wildman–Crippen LogP) is -2.90. The van der Waals surface area contributed by atoms with Crippen molar-refractivity contribution in [2.24, 2.45) is 17.2 Å². The summed E-state index contributed by atoms with van der Waals surface area (Å²) in [6.07, 6.45) is -1.04. The van der Waals surface area contributed by atoms with E-state index in [1.807, 2.05) is 24.3 Å². The number of aliphatic carboxylic acids is 1. The zero-order chi connectivity index (χ0) is 29.3. The quantitative estimate of drug-likeness (QED) is 0.110. The van der Waals surface area contributed by atoms with Crippen LogP contribution in [-0.2, 0) is 35.2 Å². The lowest BCUT2D eigenvalue weighted by atomic mass is 10.0. The summed E-state index contributed by atoms with van der Waals surface area (Å²) in [5.74, 6) is -6.12. The maximum Gasteiger partial charge on any atom is 0.326 e. The number of primary amides is 2. The van der Waals surface area contributed by atoms with Crippen molar-refractivity contribution in [3.8, 4) is 0 Å². The lowest BCUT2D eigenvalue weighted by Crippen LogP contribution is -2.60. The molecule has 0 aliphatic rings. The number of hydrogen-bond donors (Lipinski definition) is 9. The van der Waals surface area contributed by atoms with Gasteiger partial charge in [-0.15, -0.1) is 0 Å². The molecule has 0 radical (unpaired) electrons. The van der Waals surface area contributed by atoms with Gasteiger partial charge in [0.2, 0.25) is 29.5 Å². The van der Waals surface area contributed by atoms with E-state index in [-0.39, 0.29) is 19.3 Å². The van der Waals surface area contributed by atoms with Crippen LogP contribution in [-0.4, -0.2) is 81.0 Å². The summed E-state index contributed by atoms with van der Waals surface area (Å²) in [4.78, 5) is 75.5. The monoisotopic (exact) mass is 547 g/mol. The summed E-state index contributed by atoms with van der Waals surface area (Å²) < 4.78 is 0. The lowest BCUT2D eigenvalue weighted by molar-refractivity contribution is -0.143. The van der Waals surface area contributed by atoms with Crippen LogP contribution >= 0.6 is 0 Å². The van der Waals surface area contributed by atoms with Gasteiger partial charge in [-0.3, -0.25) is 24.0 Å². The van der Waals surface area contributed by atoms with Crippen LogP contribution in [0.3, 0.4) is 0 Å². The molecule has 0 spiro atoms. The fourth-order valence-corrected chi connectivity index (χ4v) is 3.78. The van der Waals surface area contributed by atoms with Gasteiger partial charge in [0.15, 0.2) is 0 Å². The number of aromatic amines is 1. The molecule has 1 aromatic carbocycles. The van der Waals surface area contributed by atoms with Gasteiger partial charge in [-0.1, -0.05) is 18.2 Å². The Kier molecular flexibility index (Phi) is 10.9. The van der Waals surface area contributed by atoms with Crippen LogP contribution in [0, 0.1) is 0 Å². The number of H-pyrrole nitrogens is 1. The van der Waals surface area contributed by atoms with Crippen molar-refractivity contribution < 1.29 is 39.0 Å². The van der Waals surface area contributed by atoms with Gasteiger partial charge >= 0.3 is 5.97 Å². The highest BCUT2D eigenvalue weighted by atomic mass is 16.4. The van der Waals surface area contributed by atoms with E-state index >= 15 is 0 Å². The van der Waals surface area contributed by atoms with Crippen LogP contribution in [0.25, 0.3) is 10.9 Å². The maximum atomic E-state index is 12.9. The fourth-order valence-electron chi connectivity index (χ4n) is 3.78. The highest BCUT2D eigenvalue weighted by molar-refractivity contribution is 5.96. The van der Waals surface area contributed by atoms with E-state index in [0.717, 1.165) is 23.4 Å². The first-order chi connectivity index (χ1) is 18.3. The average Bonchev–Trinajstić information content (AvgIpc) is 3.26. The van der Waals surface area contributed by atoms with Crippen molar-refractivity contribution in [1.29, 1.82) is 0 Å². The van der Waals surface area contributed by atoms with E-state index in [1.54, 1.807) is 6.20 Å². The first-order valence-corrected chi connectivity index (χ1v) is 12.0. The Balaban J connectivity index is 2.11. The molecule has 0 aliphatic carbocycles. The molecule has 2 aromatic rings. The number of para-hydroxylation sites is 1. The predicted molar refractivity (Wildman–Crippen MR) is 137 cm³/mol. The van der Waals surface area contributed by atoms with Crippen molar-refractivity contribution in [3.05, 3.63) is 36.0 Å². The second-order valence-corrected chi connectivity index (χ2v) is 9.03. The van der Waals surface area contributed by atoms with Gasteiger partial charge in [-0.2, -0.15) is 0 Å². The number of aliphatic hydroxyl groups is 1.